The lowest BCUT2D eigenvalue weighted by Gasteiger charge is -2.32. The Hall–Kier alpha value is -2.83. The molecule has 3 amide bonds. The van der Waals surface area contributed by atoms with Crippen LogP contribution in [0.25, 0.3) is 0 Å². The van der Waals surface area contributed by atoms with Gasteiger partial charge in [0.25, 0.3) is 0 Å². The summed E-state index contributed by atoms with van der Waals surface area (Å²) in [4.78, 5) is 38.4. The molecule has 0 aliphatic rings. The zero-order valence-corrected chi connectivity index (χ0v) is 62.1. The van der Waals surface area contributed by atoms with Gasteiger partial charge in [0.1, 0.15) is 0 Å². The maximum atomic E-state index is 13.1. The van der Waals surface area contributed by atoms with Crippen LogP contribution >= 0.6 is 0 Å². The Balaban J connectivity index is 4.16. The van der Waals surface area contributed by atoms with Crippen LogP contribution in [0.2, 0.25) is 0 Å². The van der Waals surface area contributed by atoms with Gasteiger partial charge in [-0.25, -0.2) is 0 Å². The van der Waals surface area contributed by atoms with Gasteiger partial charge in [-0.05, 0) is 0 Å². The largest absolute Gasteiger partial charge is 0.391 e. The maximum Gasteiger partial charge on any atom is 0.224 e. The fourth-order valence-corrected chi connectivity index (χ4v) is 7.51. The molecule has 0 aromatic carbocycles. The van der Waals surface area contributed by atoms with Crippen LogP contribution in [0.1, 0.15) is 19.3 Å². The van der Waals surface area contributed by atoms with Crippen LogP contribution < -0.4 is 27.2 Å². The number of hydrogen-bond donors (Lipinski definition) is 6. The number of aliphatic hydroxyl groups is 1. The summed E-state index contributed by atoms with van der Waals surface area (Å²) >= 11 is 0. The van der Waals surface area contributed by atoms with Crippen molar-refractivity contribution in [1.82, 2.24) is 21.4 Å². The molecule has 37 nitrogen and oxygen atoms in total. The van der Waals surface area contributed by atoms with Crippen LogP contribution in [0.5, 0.6) is 0 Å². The second-order valence-corrected chi connectivity index (χ2v) is 21.2. The van der Waals surface area contributed by atoms with Crippen LogP contribution in [-0.4, -0.2) is 419 Å². The Morgan fingerprint density at radius 3 is 0.680 bits per heavy atom. The minimum absolute atomic E-state index is 0.0285. The van der Waals surface area contributed by atoms with E-state index in [4.69, 9.17) is 138 Å². The number of nitrogens with two attached hydrogens (primary N) is 1. The maximum absolute atomic E-state index is 13.1. The molecule has 0 spiro atoms. The Morgan fingerprint density at radius 1 is 0.252 bits per heavy atom. The van der Waals surface area contributed by atoms with Gasteiger partial charge in [-0.1, -0.05) is 0 Å². The highest BCUT2D eigenvalue weighted by atomic mass is 16.6. The smallest absolute Gasteiger partial charge is 0.224 e. The Bertz CT molecular complexity index is 1700. The fourth-order valence-electron chi connectivity index (χ4n) is 7.51. The lowest BCUT2D eigenvalue weighted by Crippen LogP contribution is -2.57. The summed E-state index contributed by atoms with van der Waals surface area (Å²) in [5, 5.41) is 18.7. The molecule has 103 heavy (non-hydrogen) atoms. The summed E-state index contributed by atoms with van der Waals surface area (Å²) < 4.78 is 153. The first-order chi connectivity index (χ1) is 50.9. The van der Waals surface area contributed by atoms with Gasteiger partial charge in [0.2, 0.25) is 17.7 Å². The number of hydrazine groups is 1. The quantitative estimate of drug-likeness (QED) is 0.0157. The number of hydrogen-bond acceptors (Lipinski definition) is 34. The highest BCUT2D eigenvalue weighted by Crippen LogP contribution is 2.10. The summed E-state index contributed by atoms with van der Waals surface area (Å²) in [6, 6.07) is 0. The van der Waals surface area contributed by atoms with Crippen molar-refractivity contribution in [2.24, 2.45) is 5.84 Å². The standard InChI is InChI=1S/C66H133N5O32/c1-76-15-17-82-27-29-88-37-39-92-45-47-96-53-55-100-59-57-98-51-49-94-43-41-90-35-33-85-24-20-79-12-6-68-63(73)3-10-102-62-66(61-72,71-65(75)4-9-78-19-23-84-31-32-87-26-22-81-14-8-70-67)103-11-5-64(74)69-7-13-80-21-25-86-34-36-91-42-44-95-50-52-99-58-60-101-56-54-97-48-46-93-40-38-89-30-28-83-18-16-77-2/h70,72H,3-62,67H2,1-2H3,(H,68,73)(H,69,74)(H,71,75). The molecule has 0 aromatic rings. The van der Waals surface area contributed by atoms with Gasteiger partial charge in [0.05, 0.1) is 370 Å². The molecule has 1 atom stereocenters. The van der Waals surface area contributed by atoms with E-state index < -0.39 is 18.2 Å². The van der Waals surface area contributed by atoms with Crippen molar-refractivity contribution < 1.29 is 152 Å². The van der Waals surface area contributed by atoms with E-state index in [2.05, 4.69) is 21.4 Å². The van der Waals surface area contributed by atoms with E-state index in [1.54, 1.807) is 14.2 Å². The predicted octanol–water partition coefficient (Wildman–Crippen LogP) is -2.62. The first-order valence-electron chi connectivity index (χ1n) is 35.9. The highest BCUT2D eigenvalue weighted by Gasteiger charge is 2.33. The van der Waals surface area contributed by atoms with Crippen molar-refractivity contribution >= 4 is 17.7 Å². The van der Waals surface area contributed by atoms with E-state index >= 15 is 0 Å². The zero-order chi connectivity index (χ0) is 74.3. The van der Waals surface area contributed by atoms with Crippen LogP contribution in [0.3, 0.4) is 0 Å². The molecule has 0 aliphatic heterocycles. The number of rotatable bonds is 92. The molecule has 7 N–H and O–H groups in total. The van der Waals surface area contributed by atoms with Crippen molar-refractivity contribution in [3.8, 4) is 0 Å². The van der Waals surface area contributed by atoms with Gasteiger partial charge in [0, 0.05) is 40.3 Å². The average molecular weight is 1510 g/mol. The van der Waals surface area contributed by atoms with E-state index in [-0.39, 0.29) is 97.0 Å². The first kappa shape index (κ1) is 100. The monoisotopic (exact) mass is 1510 g/mol. The SMILES string of the molecule is COCCOCCOCCOCCOCCOCCOCCOCCOCCOCCOCCNC(=O)CCOCC(CO)(NC(=O)CCOCCOCCOCCOCCNN)OCCC(=O)NCCOCCOCCOCCOCCOCCOCCOCCOCCOCCOCCOC. The molecule has 0 bridgehead atoms. The van der Waals surface area contributed by atoms with Crippen LogP contribution in [0.15, 0.2) is 0 Å². The summed E-state index contributed by atoms with van der Waals surface area (Å²) in [5.74, 6) is 4.05. The van der Waals surface area contributed by atoms with E-state index in [0.29, 0.717) is 304 Å². The molecule has 0 fully saturated rings. The van der Waals surface area contributed by atoms with Crippen molar-refractivity contribution in [2.75, 3.05) is 391 Å². The lowest BCUT2D eigenvalue weighted by molar-refractivity contribution is -0.161. The summed E-state index contributed by atoms with van der Waals surface area (Å²) in [7, 11) is 3.27. The van der Waals surface area contributed by atoms with E-state index in [1.807, 2.05) is 0 Å². The predicted molar refractivity (Wildman–Crippen MR) is 370 cm³/mol. The normalized spacial score (nSPS) is 12.2. The van der Waals surface area contributed by atoms with Gasteiger partial charge in [-0.3, -0.25) is 25.7 Å². The number of methoxy groups -OCH3 is 2. The zero-order valence-electron chi connectivity index (χ0n) is 62.1. The Kier molecular flexibility index (Phi) is 85.7. The fraction of sp³-hybridized carbons (Fsp3) is 0.955. The molecular weight excluding hydrogens is 1370 g/mol. The van der Waals surface area contributed by atoms with Crippen molar-refractivity contribution in [3.05, 3.63) is 0 Å². The second-order valence-electron chi connectivity index (χ2n) is 21.2. The lowest BCUT2D eigenvalue weighted by atomic mass is 10.2. The van der Waals surface area contributed by atoms with Gasteiger partial charge >= 0.3 is 0 Å². The first-order valence-corrected chi connectivity index (χ1v) is 35.9. The molecule has 1 unspecified atom stereocenters. The number of carbonyl (C=O) groups excluding carboxylic acids is 3. The number of aliphatic hydroxyl groups excluding tert-OH is 1. The topological polar surface area (TPSA) is 404 Å². The van der Waals surface area contributed by atoms with Crippen molar-refractivity contribution in [1.29, 1.82) is 0 Å². The number of carbonyl (C=O) groups is 3. The minimum Gasteiger partial charge on any atom is -0.391 e. The van der Waals surface area contributed by atoms with Gasteiger partial charge < -0.3 is 154 Å². The van der Waals surface area contributed by atoms with Crippen LogP contribution in [-0.2, 0) is 147 Å². The third-order valence-electron chi connectivity index (χ3n) is 12.8. The average Bonchev–Trinajstić information content (AvgIpc) is 0.867. The number of ether oxygens (including phenoxy) is 28. The summed E-state index contributed by atoms with van der Waals surface area (Å²) in [6.07, 6.45) is -0.214. The van der Waals surface area contributed by atoms with Crippen molar-refractivity contribution in [2.45, 2.75) is 25.0 Å². The molecule has 0 saturated carbocycles. The molecule has 0 aliphatic carbocycles. The molecule has 0 rings (SSSR count). The summed E-state index contributed by atoms with van der Waals surface area (Å²) in [6.45, 7) is 21.2. The second kappa shape index (κ2) is 88.1. The van der Waals surface area contributed by atoms with E-state index in [9.17, 15) is 19.5 Å². The van der Waals surface area contributed by atoms with E-state index in [0.717, 1.165) is 0 Å². The van der Waals surface area contributed by atoms with Gasteiger partial charge in [0.15, 0.2) is 5.72 Å². The molecule has 614 valence electrons. The van der Waals surface area contributed by atoms with Crippen LogP contribution in [0, 0.1) is 0 Å². The molecule has 37 heteroatoms. The molecule has 0 saturated heterocycles. The molecule has 0 radical (unpaired) electrons. The van der Waals surface area contributed by atoms with Crippen LogP contribution in [0.4, 0.5) is 0 Å². The van der Waals surface area contributed by atoms with Gasteiger partial charge in [-0.2, -0.15) is 0 Å². The Morgan fingerprint density at radius 2 is 0.447 bits per heavy atom. The van der Waals surface area contributed by atoms with Gasteiger partial charge in [-0.15, -0.1) is 0 Å². The third kappa shape index (κ3) is 83.1. The Labute approximate surface area is 610 Å². The molecular formula is C66H133N5O32. The highest BCUT2D eigenvalue weighted by molar-refractivity contribution is 5.77. The van der Waals surface area contributed by atoms with Crippen molar-refractivity contribution in [3.63, 3.8) is 0 Å². The molecule has 0 aromatic heterocycles. The third-order valence-corrected chi connectivity index (χ3v) is 12.8. The summed E-state index contributed by atoms with van der Waals surface area (Å²) in [5.41, 5.74) is 0.773. The van der Waals surface area contributed by atoms with E-state index in [1.165, 1.54) is 0 Å². The molecule has 0 heterocycles. The number of nitrogens with one attached hydrogen (secondary N) is 4. The minimum atomic E-state index is -1.73. The number of amides is 3.